The van der Waals surface area contributed by atoms with Gasteiger partial charge in [0, 0.05) is 70.7 Å². The summed E-state index contributed by atoms with van der Waals surface area (Å²) in [6, 6.07) is 0. The molecule has 0 nitrogen and oxygen atoms in total. The van der Waals surface area contributed by atoms with Crippen molar-refractivity contribution < 1.29 is 73.5 Å². The normalized spacial score (nSPS) is 0. The molecule has 0 amide bonds. The zero-order valence-electron chi connectivity index (χ0n) is 4.37. The molecule has 0 rings (SSSR count). The molecule has 0 spiro atoms. The van der Waals surface area contributed by atoms with Crippen molar-refractivity contribution >= 4 is 10.1 Å². The number of hydrogen-bond acceptors (Lipinski definition) is 0. The Hall–Kier alpha value is 2.35. The molecule has 0 aliphatic rings. The first-order valence-electron chi connectivity index (χ1n) is 0. The predicted molar refractivity (Wildman–Crippen MR) is 7.98 cm³/mol. The van der Waals surface area contributed by atoms with E-state index < -0.39 is 0 Å². The molecule has 0 saturated carbocycles. The van der Waals surface area contributed by atoms with E-state index in [-0.39, 0.29) is 83.7 Å². The molecular weight excluding hydrogens is 257 g/mol. The standard InChI is InChI=1S/Be.2Cu.Fe.Zn.2H/q+2;;;;;2*-1. The van der Waals surface area contributed by atoms with Gasteiger partial charge in [-0.25, -0.2) is 0 Å². The molecular formula is H2BeCu2FeZn. The fraction of sp³-hybridized carbons (Fsp3) is 0. The molecule has 0 N–H and O–H groups in total. The van der Waals surface area contributed by atoms with Gasteiger partial charge in [0.05, 0.1) is 0 Å². The summed E-state index contributed by atoms with van der Waals surface area (Å²) in [6.45, 7) is 0. The van der Waals surface area contributed by atoms with Crippen LogP contribution in [0.4, 0.5) is 0 Å². The maximum absolute atomic E-state index is 0. The summed E-state index contributed by atoms with van der Waals surface area (Å²) in [6.07, 6.45) is 0. The number of rotatable bonds is 0. The van der Waals surface area contributed by atoms with Crippen molar-refractivity contribution in [1.29, 1.82) is 0 Å². The minimum Gasteiger partial charge on any atom is -1.00 e. The second-order valence-corrected chi connectivity index (χ2v) is 0. The predicted octanol–water partition coefficient (Wildman–Crippen LogP) is -0.166. The molecule has 0 unspecified atom stereocenters. The van der Waals surface area contributed by atoms with Gasteiger partial charge in [0.1, 0.15) is 0 Å². The van der Waals surface area contributed by atoms with Crippen LogP contribution in [0.15, 0.2) is 0 Å². The van der Waals surface area contributed by atoms with E-state index in [0.717, 1.165) is 0 Å². The molecule has 0 bridgehead atoms. The van der Waals surface area contributed by atoms with E-state index in [1.54, 1.807) is 0 Å². The SMILES string of the molecule is [Be+2].[Cu].[Cu].[Fe].[H-].[H-].[Zn]. The van der Waals surface area contributed by atoms with Crippen LogP contribution in [0, 0.1) is 0 Å². The minimum atomic E-state index is 0. The molecule has 0 saturated heterocycles. The second kappa shape index (κ2) is 32.9. The summed E-state index contributed by atoms with van der Waals surface area (Å²) in [5.74, 6) is 0. The minimum absolute atomic E-state index is 0. The molecule has 0 heterocycles. The van der Waals surface area contributed by atoms with Crippen LogP contribution < -0.4 is 0 Å². The van der Waals surface area contributed by atoms with Crippen LogP contribution in [0.3, 0.4) is 0 Å². The Kier molecular flexibility index (Phi) is 353. The van der Waals surface area contributed by atoms with Gasteiger partial charge >= 0.3 is 10.1 Å². The molecule has 0 aromatic carbocycles. The van der Waals surface area contributed by atoms with Gasteiger partial charge in [0.15, 0.2) is 0 Å². The largest absolute Gasteiger partial charge is 2.00 e. The van der Waals surface area contributed by atoms with Crippen LogP contribution in [0.25, 0.3) is 0 Å². The second-order valence-electron chi connectivity index (χ2n) is 0. The van der Waals surface area contributed by atoms with Crippen molar-refractivity contribution in [3.63, 3.8) is 0 Å². The van der Waals surface area contributed by atoms with E-state index in [0.29, 0.717) is 0 Å². The molecule has 0 fully saturated rings. The van der Waals surface area contributed by atoms with E-state index in [1.165, 1.54) is 0 Å². The van der Waals surface area contributed by atoms with E-state index in [4.69, 9.17) is 0 Å². The first-order chi connectivity index (χ1) is 0. The maximum Gasteiger partial charge on any atom is 2.00 e. The van der Waals surface area contributed by atoms with Gasteiger partial charge in [-0.05, 0) is 0 Å². The Morgan fingerprint density at radius 2 is 1.00 bits per heavy atom. The summed E-state index contributed by atoms with van der Waals surface area (Å²) in [5, 5.41) is 0. The van der Waals surface area contributed by atoms with Gasteiger partial charge in [-0.15, -0.1) is 0 Å². The van der Waals surface area contributed by atoms with Gasteiger partial charge in [0.2, 0.25) is 0 Å². The summed E-state index contributed by atoms with van der Waals surface area (Å²) in [7, 11) is 0. The third kappa shape index (κ3) is 21.8. The molecule has 5 heavy (non-hydrogen) atoms. The third-order valence-electron chi connectivity index (χ3n) is 0. The zero-order chi connectivity index (χ0) is 0. The topological polar surface area (TPSA) is 0 Å². The zero-order valence-corrected chi connectivity index (χ0v) is 8.33. The van der Waals surface area contributed by atoms with Gasteiger partial charge in [-0.1, -0.05) is 0 Å². The van der Waals surface area contributed by atoms with Crippen LogP contribution in [0.1, 0.15) is 2.85 Å². The Morgan fingerprint density at radius 1 is 1.00 bits per heavy atom. The smallest absolute Gasteiger partial charge is 1.00 e. The van der Waals surface area contributed by atoms with E-state index in [2.05, 4.69) is 0 Å². The molecule has 0 aromatic heterocycles. The van der Waals surface area contributed by atoms with Crippen LogP contribution >= 0.6 is 0 Å². The molecule has 2 radical (unpaired) electrons. The fourth-order valence-corrected chi connectivity index (χ4v) is 0. The van der Waals surface area contributed by atoms with Gasteiger partial charge in [-0.2, -0.15) is 0 Å². The summed E-state index contributed by atoms with van der Waals surface area (Å²) < 4.78 is 0. The summed E-state index contributed by atoms with van der Waals surface area (Å²) >= 11 is 0. The van der Waals surface area contributed by atoms with E-state index in [9.17, 15) is 0 Å². The van der Waals surface area contributed by atoms with Crippen LogP contribution in [0.2, 0.25) is 0 Å². The van der Waals surface area contributed by atoms with Crippen LogP contribution in [-0.2, 0) is 70.7 Å². The molecule has 0 aliphatic carbocycles. The maximum atomic E-state index is 0. The van der Waals surface area contributed by atoms with Crippen molar-refractivity contribution in [2.24, 2.45) is 0 Å². The van der Waals surface area contributed by atoms with Crippen LogP contribution in [-0.4, -0.2) is 10.1 Å². The van der Waals surface area contributed by atoms with Gasteiger partial charge < -0.3 is 2.85 Å². The van der Waals surface area contributed by atoms with Crippen molar-refractivity contribution in [2.75, 3.05) is 0 Å². The molecule has 36 valence electrons. The molecule has 0 atom stereocenters. The Bertz CT molecular complexity index is 15.7. The Balaban J connectivity index is 0. The van der Waals surface area contributed by atoms with Crippen molar-refractivity contribution in [3.8, 4) is 0 Å². The Labute approximate surface area is 83.0 Å². The summed E-state index contributed by atoms with van der Waals surface area (Å²) in [4.78, 5) is 0. The van der Waals surface area contributed by atoms with Crippen molar-refractivity contribution in [2.45, 2.75) is 0 Å². The monoisotopic (exact) mass is 257 g/mol. The molecule has 0 aliphatic heterocycles. The quantitative estimate of drug-likeness (QED) is 0.530. The van der Waals surface area contributed by atoms with Crippen molar-refractivity contribution in [3.05, 3.63) is 0 Å². The van der Waals surface area contributed by atoms with Gasteiger partial charge in [0.25, 0.3) is 0 Å². The molecule has 5 heteroatoms. The van der Waals surface area contributed by atoms with Crippen molar-refractivity contribution in [1.82, 2.24) is 0 Å². The van der Waals surface area contributed by atoms with E-state index >= 15 is 0 Å². The Morgan fingerprint density at radius 3 is 1.00 bits per heavy atom. The van der Waals surface area contributed by atoms with Gasteiger partial charge in [-0.3, -0.25) is 0 Å². The number of hydrogen-bond donors (Lipinski definition) is 0. The summed E-state index contributed by atoms with van der Waals surface area (Å²) in [5.41, 5.74) is 0. The third-order valence-corrected chi connectivity index (χ3v) is 0. The average molecular weight is 259 g/mol. The first-order valence-corrected chi connectivity index (χ1v) is 0. The molecule has 0 aromatic rings. The van der Waals surface area contributed by atoms with E-state index in [1.807, 2.05) is 0 Å². The van der Waals surface area contributed by atoms with Crippen LogP contribution in [0.5, 0.6) is 0 Å². The average Bonchev–Trinajstić information content (AvgIpc) is 0. The fourth-order valence-electron chi connectivity index (χ4n) is 0. The first kappa shape index (κ1) is 53.7.